The third-order valence-electron chi connectivity index (χ3n) is 4.97. The Morgan fingerprint density at radius 2 is 1.92 bits per heavy atom. The van der Waals surface area contributed by atoms with Crippen molar-refractivity contribution in [3.05, 3.63) is 52.6 Å². The molecular formula is C20H15Cl2N3O. The quantitative estimate of drug-likeness (QED) is 0.460. The number of nitrogen functional groups attached to an aromatic ring is 1. The molecule has 0 spiro atoms. The molecule has 0 bridgehead atoms. The SMILES string of the molecule is Nc1c2cccc(-c3cc(Cl)ccc3Cl)c2nc2cn(C3CC3)c(O)c12. The molecule has 0 saturated heterocycles. The van der Waals surface area contributed by atoms with Crippen LogP contribution in [-0.4, -0.2) is 14.7 Å². The van der Waals surface area contributed by atoms with Gasteiger partial charge in [-0.15, -0.1) is 0 Å². The van der Waals surface area contributed by atoms with E-state index in [0.717, 1.165) is 34.9 Å². The van der Waals surface area contributed by atoms with Crippen LogP contribution in [0.2, 0.25) is 10.0 Å². The summed E-state index contributed by atoms with van der Waals surface area (Å²) in [5.74, 6) is 0.195. The first-order chi connectivity index (χ1) is 12.5. The van der Waals surface area contributed by atoms with Gasteiger partial charge in [0.15, 0.2) is 0 Å². The Kier molecular flexibility index (Phi) is 3.36. The molecule has 0 amide bonds. The van der Waals surface area contributed by atoms with E-state index < -0.39 is 0 Å². The molecule has 2 aromatic heterocycles. The fourth-order valence-electron chi connectivity index (χ4n) is 3.53. The molecule has 2 heterocycles. The van der Waals surface area contributed by atoms with Crippen LogP contribution in [0.5, 0.6) is 5.88 Å². The number of rotatable bonds is 2. The zero-order valence-electron chi connectivity index (χ0n) is 13.7. The van der Waals surface area contributed by atoms with Crippen LogP contribution < -0.4 is 5.73 Å². The highest BCUT2D eigenvalue weighted by molar-refractivity contribution is 6.35. The standard InChI is InChI=1S/C20H15Cl2N3O/c21-10-4-7-15(22)14(8-10)12-2-1-3-13-18(23)17-16(24-19(12)13)9-25(20(17)26)11-5-6-11/h1-4,7-9,11,26H,5-6,23H2. The topological polar surface area (TPSA) is 64.1 Å². The lowest BCUT2D eigenvalue weighted by molar-refractivity contribution is 0.424. The number of nitrogens with two attached hydrogens (primary N) is 1. The molecule has 0 radical (unpaired) electrons. The molecule has 1 aliphatic rings. The lowest BCUT2D eigenvalue weighted by Crippen LogP contribution is -1.93. The zero-order chi connectivity index (χ0) is 18.0. The Morgan fingerprint density at radius 1 is 1.12 bits per heavy atom. The van der Waals surface area contributed by atoms with Crippen molar-refractivity contribution in [2.45, 2.75) is 18.9 Å². The monoisotopic (exact) mass is 383 g/mol. The van der Waals surface area contributed by atoms with E-state index >= 15 is 0 Å². The Bertz CT molecular complexity index is 1200. The van der Waals surface area contributed by atoms with Crippen LogP contribution in [0.25, 0.3) is 32.9 Å². The van der Waals surface area contributed by atoms with Crippen LogP contribution >= 0.6 is 23.2 Å². The highest BCUT2D eigenvalue weighted by Gasteiger charge is 2.28. The second kappa shape index (κ2) is 5.53. The number of para-hydroxylation sites is 1. The summed E-state index contributed by atoms with van der Waals surface area (Å²) in [6.07, 6.45) is 4.02. The number of halogens is 2. The van der Waals surface area contributed by atoms with Crippen molar-refractivity contribution in [2.24, 2.45) is 0 Å². The summed E-state index contributed by atoms with van der Waals surface area (Å²) < 4.78 is 1.87. The average molecular weight is 384 g/mol. The minimum Gasteiger partial charge on any atom is -0.494 e. The maximum atomic E-state index is 10.6. The zero-order valence-corrected chi connectivity index (χ0v) is 15.2. The van der Waals surface area contributed by atoms with E-state index in [9.17, 15) is 5.11 Å². The van der Waals surface area contributed by atoms with Crippen molar-refractivity contribution < 1.29 is 5.11 Å². The fourth-order valence-corrected chi connectivity index (χ4v) is 3.92. The molecule has 6 heteroatoms. The van der Waals surface area contributed by atoms with Gasteiger partial charge in [-0.3, -0.25) is 0 Å². The van der Waals surface area contributed by atoms with E-state index in [1.807, 2.05) is 35.0 Å². The maximum Gasteiger partial charge on any atom is 0.203 e. The van der Waals surface area contributed by atoms with Gasteiger partial charge < -0.3 is 15.4 Å². The van der Waals surface area contributed by atoms with Gasteiger partial charge in [0, 0.05) is 38.8 Å². The lowest BCUT2D eigenvalue weighted by atomic mass is 10.0. The molecule has 1 aliphatic carbocycles. The minimum absolute atomic E-state index is 0.195. The van der Waals surface area contributed by atoms with Crippen LogP contribution in [0.15, 0.2) is 42.6 Å². The van der Waals surface area contributed by atoms with Crippen molar-refractivity contribution in [2.75, 3.05) is 5.73 Å². The predicted molar refractivity (Wildman–Crippen MR) is 107 cm³/mol. The predicted octanol–water partition coefficient (Wildman–Crippen LogP) is 5.79. The largest absolute Gasteiger partial charge is 0.494 e. The van der Waals surface area contributed by atoms with Gasteiger partial charge in [0.1, 0.15) is 0 Å². The van der Waals surface area contributed by atoms with Gasteiger partial charge in [0.05, 0.1) is 22.1 Å². The molecule has 1 saturated carbocycles. The van der Waals surface area contributed by atoms with Crippen molar-refractivity contribution in [1.82, 2.24) is 9.55 Å². The fraction of sp³-hybridized carbons (Fsp3) is 0.150. The normalized spacial score (nSPS) is 14.4. The van der Waals surface area contributed by atoms with Gasteiger partial charge in [-0.1, -0.05) is 41.4 Å². The summed E-state index contributed by atoms with van der Waals surface area (Å²) >= 11 is 12.6. The summed E-state index contributed by atoms with van der Waals surface area (Å²) in [5.41, 5.74) is 10.1. The van der Waals surface area contributed by atoms with Gasteiger partial charge in [-0.05, 0) is 31.0 Å². The van der Waals surface area contributed by atoms with Crippen molar-refractivity contribution in [3.63, 3.8) is 0 Å². The summed E-state index contributed by atoms with van der Waals surface area (Å²) in [7, 11) is 0. The number of hydrogen-bond acceptors (Lipinski definition) is 3. The molecule has 2 aromatic carbocycles. The molecule has 0 aliphatic heterocycles. The first-order valence-corrected chi connectivity index (χ1v) is 9.17. The van der Waals surface area contributed by atoms with Crippen LogP contribution in [0.4, 0.5) is 5.69 Å². The number of pyridine rings is 1. The molecular weight excluding hydrogens is 369 g/mol. The molecule has 3 N–H and O–H groups in total. The molecule has 5 rings (SSSR count). The van der Waals surface area contributed by atoms with Gasteiger partial charge in [0.25, 0.3) is 0 Å². The number of nitrogens with zero attached hydrogens (tertiary/aromatic N) is 2. The van der Waals surface area contributed by atoms with Gasteiger partial charge in [-0.2, -0.15) is 0 Å². The van der Waals surface area contributed by atoms with Gasteiger partial charge in [-0.25, -0.2) is 4.98 Å². The van der Waals surface area contributed by atoms with E-state index in [2.05, 4.69) is 0 Å². The number of aromatic nitrogens is 2. The molecule has 130 valence electrons. The molecule has 4 nitrogen and oxygen atoms in total. The van der Waals surface area contributed by atoms with Crippen LogP contribution in [0, 0.1) is 0 Å². The molecule has 1 fully saturated rings. The van der Waals surface area contributed by atoms with Gasteiger partial charge in [0.2, 0.25) is 5.88 Å². The van der Waals surface area contributed by atoms with E-state index in [0.29, 0.717) is 32.7 Å². The third-order valence-corrected chi connectivity index (χ3v) is 5.54. The van der Waals surface area contributed by atoms with Gasteiger partial charge >= 0.3 is 0 Å². The summed E-state index contributed by atoms with van der Waals surface area (Å²) in [6, 6.07) is 11.5. The van der Waals surface area contributed by atoms with E-state index in [1.54, 1.807) is 12.1 Å². The minimum atomic E-state index is 0.195. The summed E-state index contributed by atoms with van der Waals surface area (Å²) in [5, 5.41) is 13.2. The molecule has 0 unspecified atom stereocenters. The number of aromatic hydroxyl groups is 1. The molecule has 0 atom stereocenters. The van der Waals surface area contributed by atoms with Crippen LogP contribution in [0.3, 0.4) is 0 Å². The summed E-state index contributed by atoms with van der Waals surface area (Å²) in [4.78, 5) is 4.81. The van der Waals surface area contributed by atoms with E-state index in [4.69, 9.17) is 33.9 Å². The summed E-state index contributed by atoms with van der Waals surface area (Å²) in [6.45, 7) is 0. The average Bonchev–Trinajstić information content (AvgIpc) is 3.41. The van der Waals surface area contributed by atoms with E-state index in [1.165, 1.54) is 0 Å². The Morgan fingerprint density at radius 3 is 2.69 bits per heavy atom. The van der Waals surface area contributed by atoms with Crippen molar-refractivity contribution in [3.8, 4) is 17.0 Å². The number of benzene rings is 2. The first kappa shape index (κ1) is 15.8. The Labute approximate surface area is 159 Å². The number of fused-ring (bicyclic) bond motifs is 2. The Hall–Kier alpha value is -2.43. The lowest BCUT2D eigenvalue weighted by Gasteiger charge is -2.11. The third kappa shape index (κ3) is 2.26. The first-order valence-electron chi connectivity index (χ1n) is 8.41. The highest BCUT2D eigenvalue weighted by atomic mass is 35.5. The van der Waals surface area contributed by atoms with E-state index in [-0.39, 0.29) is 5.88 Å². The molecule has 26 heavy (non-hydrogen) atoms. The number of hydrogen-bond donors (Lipinski definition) is 2. The van der Waals surface area contributed by atoms with Crippen LogP contribution in [-0.2, 0) is 0 Å². The maximum absolute atomic E-state index is 10.6. The molecule has 4 aromatic rings. The highest BCUT2D eigenvalue weighted by Crippen LogP contribution is 2.45. The Balaban J connectivity index is 1.86. The van der Waals surface area contributed by atoms with Crippen LogP contribution in [0.1, 0.15) is 18.9 Å². The second-order valence-electron chi connectivity index (χ2n) is 6.70. The second-order valence-corrected chi connectivity index (χ2v) is 7.55. The van der Waals surface area contributed by atoms with Crippen molar-refractivity contribution >= 4 is 50.7 Å². The smallest absolute Gasteiger partial charge is 0.203 e. The number of anilines is 1. The van der Waals surface area contributed by atoms with Crippen molar-refractivity contribution in [1.29, 1.82) is 0 Å².